The van der Waals surface area contributed by atoms with Crippen LogP contribution < -0.4 is 5.32 Å². The summed E-state index contributed by atoms with van der Waals surface area (Å²) >= 11 is 0. The van der Waals surface area contributed by atoms with Gasteiger partial charge in [-0.3, -0.25) is 14.4 Å². The Kier molecular flexibility index (Phi) is 4.82. The van der Waals surface area contributed by atoms with Gasteiger partial charge in [0.15, 0.2) is 0 Å². The molecule has 4 atom stereocenters. The summed E-state index contributed by atoms with van der Waals surface area (Å²) in [6.07, 6.45) is 1.70. The van der Waals surface area contributed by atoms with Crippen molar-refractivity contribution in [1.82, 2.24) is 10.2 Å². The molecule has 1 amide bonds. The Morgan fingerprint density at radius 2 is 1.76 bits per heavy atom. The van der Waals surface area contributed by atoms with E-state index in [2.05, 4.69) is 5.32 Å². The molecule has 7 heteroatoms. The van der Waals surface area contributed by atoms with Gasteiger partial charge in [-0.1, -0.05) is 0 Å². The molecule has 2 fully saturated rings. The molecule has 0 saturated carbocycles. The molecule has 0 aromatic heterocycles. The SMILES string of the molecule is CC1CC(C(=O)N2CCC(C(=O)O)C(C(=O)O)C2)CCN1. The number of aliphatic carboxylic acids is 2. The molecule has 0 aromatic carbocycles. The van der Waals surface area contributed by atoms with Crippen molar-refractivity contribution in [2.45, 2.75) is 32.2 Å². The van der Waals surface area contributed by atoms with Gasteiger partial charge in [-0.25, -0.2) is 0 Å². The van der Waals surface area contributed by atoms with Crippen molar-refractivity contribution in [3.8, 4) is 0 Å². The van der Waals surface area contributed by atoms with Gasteiger partial charge in [0.05, 0.1) is 11.8 Å². The third kappa shape index (κ3) is 3.53. The molecule has 4 unspecified atom stereocenters. The molecule has 2 heterocycles. The molecule has 2 aliphatic rings. The topological polar surface area (TPSA) is 107 Å². The van der Waals surface area contributed by atoms with Gasteiger partial charge in [0.1, 0.15) is 0 Å². The molecular formula is C14H22N2O5. The molecule has 118 valence electrons. The van der Waals surface area contributed by atoms with Gasteiger partial charge < -0.3 is 20.4 Å². The van der Waals surface area contributed by atoms with Crippen molar-refractivity contribution in [3.05, 3.63) is 0 Å². The van der Waals surface area contributed by atoms with E-state index in [1.807, 2.05) is 6.92 Å². The third-order valence-electron chi connectivity index (χ3n) is 4.53. The number of nitrogens with zero attached hydrogens (tertiary/aromatic N) is 1. The van der Waals surface area contributed by atoms with Crippen molar-refractivity contribution in [2.75, 3.05) is 19.6 Å². The highest BCUT2D eigenvalue weighted by Gasteiger charge is 2.41. The molecule has 3 N–H and O–H groups in total. The molecule has 0 aromatic rings. The lowest BCUT2D eigenvalue weighted by Gasteiger charge is -2.38. The van der Waals surface area contributed by atoms with Crippen LogP contribution in [-0.2, 0) is 14.4 Å². The third-order valence-corrected chi connectivity index (χ3v) is 4.53. The molecule has 0 bridgehead atoms. The van der Waals surface area contributed by atoms with Crippen molar-refractivity contribution in [3.63, 3.8) is 0 Å². The van der Waals surface area contributed by atoms with Gasteiger partial charge in [-0.15, -0.1) is 0 Å². The zero-order chi connectivity index (χ0) is 15.6. The maximum Gasteiger partial charge on any atom is 0.309 e. The zero-order valence-corrected chi connectivity index (χ0v) is 12.1. The maximum absolute atomic E-state index is 12.5. The summed E-state index contributed by atoms with van der Waals surface area (Å²) in [4.78, 5) is 36.4. The Balaban J connectivity index is 2.03. The van der Waals surface area contributed by atoms with E-state index in [1.54, 1.807) is 4.90 Å². The smallest absolute Gasteiger partial charge is 0.309 e. The van der Waals surface area contributed by atoms with Crippen LogP contribution in [0.25, 0.3) is 0 Å². The number of amides is 1. The van der Waals surface area contributed by atoms with E-state index in [4.69, 9.17) is 5.11 Å². The normalized spacial score (nSPS) is 33.5. The number of carboxylic acid groups (broad SMARTS) is 2. The molecule has 7 nitrogen and oxygen atoms in total. The highest BCUT2D eigenvalue weighted by atomic mass is 16.4. The van der Waals surface area contributed by atoms with E-state index in [9.17, 15) is 19.5 Å². The monoisotopic (exact) mass is 298 g/mol. The van der Waals surface area contributed by atoms with Crippen molar-refractivity contribution in [1.29, 1.82) is 0 Å². The first-order chi connectivity index (χ1) is 9.90. The summed E-state index contributed by atoms with van der Waals surface area (Å²) in [7, 11) is 0. The number of carbonyl (C=O) groups is 3. The van der Waals surface area contributed by atoms with Crippen molar-refractivity contribution < 1.29 is 24.6 Å². The van der Waals surface area contributed by atoms with Gasteiger partial charge >= 0.3 is 11.9 Å². The van der Waals surface area contributed by atoms with Crippen molar-refractivity contribution in [2.24, 2.45) is 17.8 Å². The van der Waals surface area contributed by atoms with Gasteiger partial charge in [0.2, 0.25) is 5.91 Å². The number of hydrogen-bond acceptors (Lipinski definition) is 4. The number of likely N-dealkylation sites (tertiary alicyclic amines) is 1. The van der Waals surface area contributed by atoms with Crippen LogP contribution in [0.2, 0.25) is 0 Å². The first kappa shape index (κ1) is 15.8. The fraction of sp³-hybridized carbons (Fsp3) is 0.786. The summed E-state index contributed by atoms with van der Waals surface area (Å²) in [5.41, 5.74) is 0. The number of carbonyl (C=O) groups excluding carboxylic acids is 1. The van der Waals surface area contributed by atoms with Gasteiger partial charge in [-0.05, 0) is 32.7 Å². The van der Waals surface area contributed by atoms with Gasteiger partial charge in [0.25, 0.3) is 0 Å². The minimum absolute atomic E-state index is 0.00342. The molecular weight excluding hydrogens is 276 g/mol. The average molecular weight is 298 g/mol. The summed E-state index contributed by atoms with van der Waals surface area (Å²) in [6.45, 7) is 3.14. The highest BCUT2D eigenvalue weighted by Crippen LogP contribution is 2.27. The average Bonchev–Trinajstić information content (AvgIpc) is 2.45. The predicted molar refractivity (Wildman–Crippen MR) is 73.6 cm³/mol. The molecule has 2 saturated heterocycles. The minimum atomic E-state index is -1.14. The van der Waals surface area contributed by atoms with E-state index in [0.717, 1.165) is 19.4 Å². The van der Waals surface area contributed by atoms with Crippen LogP contribution in [0.1, 0.15) is 26.2 Å². The standard InChI is InChI=1S/C14H22N2O5/c1-8-6-9(2-4-15-8)12(17)16-5-3-10(13(18)19)11(7-16)14(20)21/h8-11,15H,2-7H2,1H3,(H,18,19)(H,20,21). The molecule has 0 radical (unpaired) electrons. The summed E-state index contributed by atoms with van der Waals surface area (Å²) in [5, 5.41) is 21.6. The summed E-state index contributed by atoms with van der Waals surface area (Å²) in [6, 6.07) is 0.277. The fourth-order valence-corrected chi connectivity index (χ4v) is 3.31. The lowest BCUT2D eigenvalue weighted by atomic mass is 9.84. The molecule has 21 heavy (non-hydrogen) atoms. The molecule has 2 aliphatic heterocycles. The van der Waals surface area contributed by atoms with E-state index < -0.39 is 23.8 Å². The Morgan fingerprint density at radius 1 is 1.10 bits per heavy atom. The van der Waals surface area contributed by atoms with Gasteiger partial charge in [0, 0.05) is 25.0 Å². The number of piperidine rings is 2. The summed E-state index contributed by atoms with van der Waals surface area (Å²) < 4.78 is 0. The molecule has 0 spiro atoms. The Labute approximate surface area is 123 Å². The minimum Gasteiger partial charge on any atom is -0.481 e. The summed E-state index contributed by atoms with van der Waals surface area (Å²) in [5.74, 6) is -4.27. The Bertz CT molecular complexity index is 439. The number of hydrogen-bond donors (Lipinski definition) is 3. The predicted octanol–water partition coefficient (Wildman–Crippen LogP) is 0.00840. The van der Waals surface area contributed by atoms with Crippen LogP contribution in [0.15, 0.2) is 0 Å². The van der Waals surface area contributed by atoms with Crippen LogP contribution in [-0.4, -0.2) is 58.6 Å². The zero-order valence-electron chi connectivity index (χ0n) is 12.1. The second-order valence-corrected chi connectivity index (χ2v) is 6.04. The first-order valence-corrected chi connectivity index (χ1v) is 7.38. The Morgan fingerprint density at radius 3 is 2.33 bits per heavy atom. The van der Waals surface area contributed by atoms with Crippen LogP contribution in [0.4, 0.5) is 0 Å². The van der Waals surface area contributed by atoms with Crippen LogP contribution >= 0.6 is 0 Å². The van der Waals surface area contributed by atoms with Crippen LogP contribution in [0.5, 0.6) is 0 Å². The highest BCUT2D eigenvalue weighted by molar-refractivity contribution is 5.83. The largest absolute Gasteiger partial charge is 0.481 e. The lowest BCUT2D eigenvalue weighted by Crippen LogP contribution is -2.51. The second kappa shape index (κ2) is 6.43. The number of rotatable bonds is 3. The van der Waals surface area contributed by atoms with Crippen LogP contribution in [0, 0.1) is 17.8 Å². The molecule has 2 rings (SSSR count). The first-order valence-electron chi connectivity index (χ1n) is 7.38. The van der Waals surface area contributed by atoms with E-state index >= 15 is 0 Å². The van der Waals surface area contributed by atoms with E-state index in [-0.39, 0.29) is 30.8 Å². The number of carboxylic acids is 2. The molecule has 0 aliphatic carbocycles. The van der Waals surface area contributed by atoms with Crippen LogP contribution in [0.3, 0.4) is 0 Å². The van der Waals surface area contributed by atoms with E-state index in [0.29, 0.717) is 6.54 Å². The fourth-order valence-electron chi connectivity index (χ4n) is 3.31. The Hall–Kier alpha value is -1.63. The quantitative estimate of drug-likeness (QED) is 0.677. The van der Waals surface area contributed by atoms with E-state index in [1.165, 1.54) is 0 Å². The van der Waals surface area contributed by atoms with Gasteiger partial charge in [-0.2, -0.15) is 0 Å². The number of nitrogens with one attached hydrogen (secondary N) is 1. The maximum atomic E-state index is 12.5. The van der Waals surface area contributed by atoms with Crippen molar-refractivity contribution >= 4 is 17.8 Å². The lowest BCUT2D eigenvalue weighted by molar-refractivity contribution is -0.160. The second-order valence-electron chi connectivity index (χ2n) is 6.04.